The molecule has 2 aromatic rings. The first kappa shape index (κ1) is 13.4. The molecule has 2 rings (SSSR count). The first-order valence-electron chi connectivity index (χ1n) is 6.20. The average molecular weight is 263 g/mol. The number of amides is 2. The van der Waals surface area contributed by atoms with Crippen LogP contribution in [-0.4, -0.2) is 28.8 Å². The summed E-state index contributed by atoms with van der Waals surface area (Å²) in [7, 11) is 0. The van der Waals surface area contributed by atoms with Gasteiger partial charge >= 0.3 is 6.03 Å². The van der Waals surface area contributed by atoms with Gasteiger partial charge in [0.2, 0.25) is 0 Å². The van der Waals surface area contributed by atoms with Crippen LogP contribution in [0.15, 0.2) is 22.6 Å². The van der Waals surface area contributed by atoms with E-state index in [2.05, 4.69) is 15.6 Å². The third-order valence-corrected chi connectivity index (χ3v) is 2.64. The van der Waals surface area contributed by atoms with E-state index in [0.29, 0.717) is 22.7 Å². The minimum Gasteiger partial charge on any atom is -0.441 e. The van der Waals surface area contributed by atoms with Gasteiger partial charge in [0.1, 0.15) is 5.52 Å². The van der Waals surface area contributed by atoms with Crippen LogP contribution in [0.2, 0.25) is 0 Å². The van der Waals surface area contributed by atoms with Gasteiger partial charge < -0.3 is 20.2 Å². The van der Waals surface area contributed by atoms with Crippen molar-refractivity contribution in [3.63, 3.8) is 0 Å². The molecule has 1 heterocycles. The Hall–Kier alpha value is -2.08. The Morgan fingerprint density at radius 1 is 1.53 bits per heavy atom. The van der Waals surface area contributed by atoms with Crippen molar-refractivity contribution in [2.75, 3.05) is 11.9 Å². The Morgan fingerprint density at radius 2 is 2.32 bits per heavy atom. The van der Waals surface area contributed by atoms with E-state index in [1.165, 1.54) is 0 Å². The minimum atomic E-state index is -0.361. The molecule has 1 aromatic carbocycles. The molecule has 0 spiro atoms. The lowest BCUT2D eigenvalue weighted by Crippen LogP contribution is -2.38. The molecule has 102 valence electrons. The monoisotopic (exact) mass is 263 g/mol. The Bertz CT molecular complexity index is 580. The van der Waals surface area contributed by atoms with Gasteiger partial charge in [-0.15, -0.1) is 0 Å². The minimum absolute atomic E-state index is 0.102. The second kappa shape index (κ2) is 5.71. The molecule has 0 bridgehead atoms. The number of fused-ring (bicyclic) bond motifs is 1. The Kier molecular flexibility index (Phi) is 4.01. The Morgan fingerprint density at radius 3 is 3.00 bits per heavy atom. The van der Waals surface area contributed by atoms with E-state index in [4.69, 9.17) is 9.52 Å². The second-order valence-corrected chi connectivity index (χ2v) is 4.33. The summed E-state index contributed by atoms with van der Waals surface area (Å²) >= 11 is 0. The van der Waals surface area contributed by atoms with Crippen LogP contribution in [0.25, 0.3) is 11.1 Å². The summed E-state index contributed by atoms with van der Waals surface area (Å²) in [6.07, 6.45) is 0.728. The molecule has 2 amide bonds. The molecule has 6 heteroatoms. The SMILES string of the molecule is CCc1nc2cc(NC(=O)N[C@@H](C)CO)ccc2o1. The van der Waals surface area contributed by atoms with Gasteiger partial charge in [0.05, 0.1) is 12.6 Å². The topological polar surface area (TPSA) is 87.4 Å². The van der Waals surface area contributed by atoms with Crippen LogP contribution in [-0.2, 0) is 6.42 Å². The van der Waals surface area contributed by atoms with Gasteiger partial charge in [-0.3, -0.25) is 0 Å². The number of nitrogens with one attached hydrogen (secondary N) is 2. The van der Waals surface area contributed by atoms with E-state index in [0.717, 1.165) is 6.42 Å². The summed E-state index contributed by atoms with van der Waals surface area (Å²) < 4.78 is 5.49. The zero-order chi connectivity index (χ0) is 13.8. The third kappa shape index (κ3) is 3.23. The molecule has 3 N–H and O–H groups in total. The third-order valence-electron chi connectivity index (χ3n) is 2.64. The van der Waals surface area contributed by atoms with Gasteiger partial charge in [-0.2, -0.15) is 0 Å². The predicted octanol–water partition coefficient (Wildman–Crippen LogP) is 1.89. The van der Waals surface area contributed by atoms with E-state index in [-0.39, 0.29) is 18.7 Å². The van der Waals surface area contributed by atoms with E-state index >= 15 is 0 Å². The molecule has 0 saturated carbocycles. The number of carbonyl (C=O) groups excluding carboxylic acids is 1. The number of urea groups is 1. The van der Waals surface area contributed by atoms with Gasteiger partial charge in [0, 0.05) is 12.1 Å². The summed E-state index contributed by atoms with van der Waals surface area (Å²) in [5.41, 5.74) is 2.04. The molecule has 0 saturated heterocycles. The quantitative estimate of drug-likeness (QED) is 0.786. The van der Waals surface area contributed by atoms with Crippen LogP contribution in [0.3, 0.4) is 0 Å². The number of carbonyl (C=O) groups is 1. The van der Waals surface area contributed by atoms with Crippen molar-refractivity contribution in [1.29, 1.82) is 0 Å². The number of benzene rings is 1. The maximum absolute atomic E-state index is 11.6. The fraction of sp³-hybridized carbons (Fsp3) is 0.385. The standard InChI is InChI=1S/C13H17N3O3/c1-3-12-16-10-6-9(4-5-11(10)19-12)15-13(18)14-8(2)7-17/h4-6,8,17H,3,7H2,1-2H3,(H2,14,15,18)/t8-/m0/s1. The highest BCUT2D eigenvalue weighted by Crippen LogP contribution is 2.20. The van der Waals surface area contributed by atoms with E-state index in [1.807, 2.05) is 6.92 Å². The lowest BCUT2D eigenvalue weighted by Gasteiger charge is -2.11. The highest BCUT2D eigenvalue weighted by molar-refractivity contribution is 5.91. The molecule has 0 aliphatic carbocycles. The number of hydrogen-bond donors (Lipinski definition) is 3. The van der Waals surface area contributed by atoms with Crippen LogP contribution in [0.1, 0.15) is 19.7 Å². The number of anilines is 1. The van der Waals surface area contributed by atoms with Crippen molar-refractivity contribution in [3.05, 3.63) is 24.1 Å². The molecule has 1 aromatic heterocycles. The highest BCUT2D eigenvalue weighted by atomic mass is 16.3. The Labute approximate surface area is 110 Å². The highest BCUT2D eigenvalue weighted by Gasteiger charge is 2.08. The van der Waals surface area contributed by atoms with Crippen LogP contribution < -0.4 is 10.6 Å². The van der Waals surface area contributed by atoms with Crippen molar-refractivity contribution in [2.24, 2.45) is 0 Å². The molecule has 0 aliphatic rings. The van der Waals surface area contributed by atoms with Gasteiger partial charge in [0.25, 0.3) is 0 Å². The number of aliphatic hydroxyl groups excluding tert-OH is 1. The summed E-state index contributed by atoms with van der Waals surface area (Å²) in [5, 5.41) is 14.1. The number of hydrogen-bond acceptors (Lipinski definition) is 4. The van der Waals surface area contributed by atoms with Crippen LogP contribution in [0, 0.1) is 0 Å². The molecule has 0 fully saturated rings. The second-order valence-electron chi connectivity index (χ2n) is 4.33. The number of nitrogens with zero attached hydrogens (tertiary/aromatic N) is 1. The molecular formula is C13H17N3O3. The molecule has 0 unspecified atom stereocenters. The molecule has 0 aliphatic heterocycles. The number of aromatic nitrogens is 1. The van der Waals surface area contributed by atoms with Crippen LogP contribution in [0.4, 0.5) is 10.5 Å². The fourth-order valence-corrected chi connectivity index (χ4v) is 1.64. The number of aryl methyl sites for hydroxylation is 1. The largest absolute Gasteiger partial charge is 0.441 e. The van der Waals surface area contributed by atoms with Crippen molar-refractivity contribution >= 4 is 22.8 Å². The lowest BCUT2D eigenvalue weighted by molar-refractivity contribution is 0.229. The van der Waals surface area contributed by atoms with E-state index in [1.54, 1.807) is 25.1 Å². The maximum atomic E-state index is 11.6. The molecule has 19 heavy (non-hydrogen) atoms. The Balaban J connectivity index is 2.10. The normalized spacial score (nSPS) is 12.4. The molecule has 0 radical (unpaired) electrons. The fourth-order valence-electron chi connectivity index (χ4n) is 1.64. The van der Waals surface area contributed by atoms with Crippen molar-refractivity contribution < 1.29 is 14.3 Å². The zero-order valence-electron chi connectivity index (χ0n) is 10.9. The number of aliphatic hydroxyl groups is 1. The van der Waals surface area contributed by atoms with Crippen LogP contribution in [0.5, 0.6) is 0 Å². The summed E-state index contributed by atoms with van der Waals surface area (Å²) in [6.45, 7) is 3.58. The van der Waals surface area contributed by atoms with E-state index < -0.39 is 0 Å². The van der Waals surface area contributed by atoms with Crippen molar-refractivity contribution in [2.45, 2.75) is 26.3 Å². The molecule has 1 atom stereocenters. The van der Waals surface area contributed by atoms with Crippen molar-refractivity contribution in [1.82, 2.24) is 10.3 Å². The molecular weight excluding hydrogens is 246 g/mol. The molecule has 6 nitrogen and oxygen atoms in total. The summed E-state index contributed by atoms with van der Waals surface area (Å²) in [6, 6.07) is 4.62. The number of rotatable bonds is 4. The predicted molar refractivity (Wildman–Crippen MR) is 72.1 cm³/mol. The smallest absolute Gasteiger partial charge is 0.319 e. The van der Waals surface area contributed by atoms with Crippen molar-refractivity contribution in [3.8, 4) is 0 Å². The zero-order valence-corrected chi connectivity index (χ0v) is 10.9. The lowest BCUT2D eigenvalue weighted by atomic mass is 10.3. The van der Waals surface area contributed by atoms with Gasteiger partial charge in [0.15, 0.2) is 11.5 Å². The van der Waals surface area contributed by atoms with Gasteiger partial charge in [-0.05, 0) is 25.1 Å². The van der Waals surface area contributed by atoms with Gasteiger partial charge in [-0.1, -0.05) is 6.92 Å². The summed E-state index contributed by atoms with van der Waals surface area (Å²) in [4.78, 5) is 15.9. The van der Waals surface area contributed by atoms with Crippen LogP contribution >= 0.6 is 0 Å². The van der Waals surface area contributed by atoms with E-state index in [9.17, 15) is 4.79 Å². The first-order valence-corrected chi connectivity index (χ1v) is 6.20. The first-order chi connectivity index (χ1) is 9.12. The maximum Gasteiger partial charge on any atom is 0.319 e. The summed E-state index contributed by atoms with van der Waals surface area (Å²) in [5.74, 6) is 0.672. The average Bonchev–Trinajstić information content (AvgIpc) is 2.80. The number of oxazole rings is 1. The van der Waals surface area contributed by atoms with Gasteiger partial charge in [-0.25, -0.2) is 9.78 Å².